The molecule has 1 amide bonds. The van der Waals surface area contributed by atoms with Crippen molar-refractivity contribution in [2.75, 3.05) is 11.9 Å². The molecule has 0 aliphatic rings. The van der Waals surface area contributed by atoms with Gasteiger partial charge in [-0.15, -0.1) is 12.6 Å². The van der Waals surface area contributed by atoms with Gasteiger partial charge >= 0.3 is 0 Å². The van der Waals surface area contributed by atoms with Gasteiger partial charge in [0, 0.05) is 4.90 Å². The number of nitrogens with one attached hydrogen (secondary N) is 1. The molecule has 0 unspecified atom stereocenters. The summed E-state index contributed by atoms with van der Waals surface area (Å²) in [5.74, 6) is 0.498. The molecule has 0 aromatic heterocycles. The molecule has 0 bridgehead atoms. The first-order chi connectivity index (χ1) is 10.2. The molecule has 0 saturated carbocycles. The zero-order valence-electron chi connectivity index (χ0n) is 12.0. The van der Waals surface area contributed by atoms with Crippen LogP contribution in [0.25, 0.3) is 0 Å². The molecule has 0 aliphatic carbocycles. The summed E-state index contributed by atoms with van der Waals surface area (Å²) in [6.07, 6.45) is 2.17. The summed E-state index contributed by atoms with van der Waals surface area (Å²) in [4.78, 5) is 12.6. The summed E-state index contributed by atoms with van der Waals surface area (Å²) < 4.78 is 5.48. The van der Waals surface area contributed by atoms with Crippen LogP contribution in [0.1, 0.15) is 18.9 Å². The molecule has 0 spiro atoms. The van der Waals surface area contributed by atoms with Gasteiger partial charge in [-0.1, -0.05) is 37.6 Å². The Labute approximate surface area is 130 Å². The maximum atomic E-state index is 11.8. The van der Waals surface area contributed by atoms with Gasteiger partial charge in [-0.2, -0.15) is 0 Å². The second-order valence-corrected chi connectivity index (χ2v) is 5.23. The van der Waals surface area contributed by atoms with Crippen molar-refractivity contribution in [1.29, 1.82) is 0 Å². The van der Waals surface area contributed by atoms with Crippen LogP contribution in [-0.2, 0) is 11.2 Å². The Hall–Kier alpha value is -1.94. The molecular formula is C17H19NO2S. The highest BCUT2D eigenvalue weighted by molar-refractivity contribution is 7.80. The molecule has 3 nitrogen and oxygen atoms in total. The summed E-state index contributed by atoms with van der Waals surface area (Å²) in [6.45, 7) is 2.13. The number of anilines is 1. The minimum absolute atomic E-state index is 0.0186. The van der Waals surface area contributed by atoms with Crippen molar-refractivity contribution in [3.63, 3.8) is 0 Å². The van der Waals surface area contributed by atoms with Crippen molar-refractivity contribution in [3.8, 4) is 5.75 Å². The van der Waals surface area contributed by atoms with Crippen LogP contribution in [0.4, 0.5) is 5.69 Å². The van der Waals surface area contributed by atoms with E-state index in [4.69, 9.17) is 4.74 Å². The lowest BCUT2D eigenvalue weighted by molar-refractivity contribution is -0.118. The molecule has 2 rings (SSSR count). The minimum Gasteiger partial charge on any atom is -0.484 e. The molecule has 0 heterocycles. The summed E-state index contributed by atoms with van der Waals surface area (Å²) in [7, 11) is 0. The van der Waals surface area contributed by atoms with Crippen molar-refractivity contribution in [3.05, 3.63) is 54.1 Å². The summed E-state index contributed by atoms with van der Waals surface area (Å²) in [6, 6.07) is 15.2. The highest BCUT2D eigenvalue weighted by Gasteiger charge is 2.05. The number of hydrogen-bond acceptors (Lipinski definition) is 3. The van der Waals surface area contributed by atoms with E-state index in [-0.39, 0.29) is 12.5 Å². The summed E-state index contributed by atoms with van der Waals surface area (Å²) in [5, 5.41) is 2.77. The van der Waals surface area contributed by atoms with E-state index in [0.29, 0.717) is 11.4 Å². The number of rotatable bonds is 6. The molecule has 4 heteroatoms. The molecule has 0 saturated heterocycles. The van der Waals surface area contributed by atoms with Crippen LogP contribution in [0, 0.1) is 0 Å². The molecular weight excluding hydrogens is 282 g/mol. The maximum absolute atomic E-state index is 11.8. The van der Waals surface area contributed by atoms with Crippen molar-refractivity contribution in [2.24, 2.45) is 0 Å². The number of ether oxygens (including phenoxy) is 1. The van der Waals surface area contributed by atoms with Crippen LogP contribution in [0.2, 0.25) is 0 Å². The van der Waals surface area contributed by atoms with E-state index in [1.807, 2.05) is 42.5 Å². The van der Waals surface area contributed by atoms with Gasteiger partial charge in [0.05, 0.1) is 5.69 Å². The number of thiol groups is 1. The largest absolute Gasteiger partial charge is 0.484 e. The number of carbonyl (C=O) groups excluding carboxylic acids is 1. The van der Waals surface area contributed by atoms with Gasteiger partial charge in [-0.25, -0.2) is 0 Å². The molecule has 2 aromatic rings. The highest BCUT2D eigenvalue weighted by Crippen LogP contribution is 2.18. The normalized spacial score (nSPS) is 10.2. The van der Waals surface area contributed by atoms with Crippen molar-refractivity contribution >= 4 is 24.2 Å². The van der Waals surface area contributed by atoms with Crippen LogP contribution < -0.4 is 10.1 Å². The topological polar surface area (TPSA) is 38.3 Å². The van der Waals surface area contributed by atoms with Crippen LogP contribution in [-0.4, -0.2) is 12.5 Å². The van der Waals surface area contributed by atoms with Crippen LogP contribution in [0.15, 0.2) is 53.4 Å². The molecule has 2 aromatic carbocycles. The van der Waals surface area contributed by atoms with Crippen LogP contribution in [0.3, 0.4) is 0 Å². The van der Waals surface area contributed by atoms with Gasteiger partial charge in [0.1, 0.15) is 5.75 Å². The lowest BCUT2D eigenvalue weighted by atomic mass is 10.1. The molecule has 0 fully saturated rings. The second-order valence-electron chi connectivity index (χ2n) is 4.75. The maximum Gasteiger partial charge on any atom is 0.262 e. The number of hydrogen-bond donors (Lipinski definition) is 2. The van der Waals surface area contributed by atoms with Crippen molar-refractivity contribution in [2.45, 2.75) is 24.7 Å². The van der Waals surface area contributed by atoms with E-state index < -0.39 is 0 Å². The minimum atomic E-state index is -0.200. The van der Waals surface area contributed by atoms with Crippen molar-refractivity contribution in [1.82, 2.24) is 0 Å². The lowest BCUT2D eigenvalue weighted by Gasteiger charge is -2.09. The van der Waals surface area contributed by atoms with Gasteiger partial charge in [0.2, 0.25) is 0 Å². The third kappa shape index (κ3) is 4.83. The first kappa shape index (κ1) is 15.4. The van der Waals surface area contributed by atoms with Gasteiger partial charge in [-0.05, 0) is 36.2 Å². The van der Waals surface area contributed by atoms with Gasteiger partial charge in [0.15, 0.2) is 6.61 Å². The first-order valence-corrected chi connectivity index (χ1v) is 7.43. The van der Waals surface area contributed by atoms with E-state index in [1.165, 1.54) is 5.56 Å². The van der Waals surface area contributed by atoms with E-state index in [2.05, 4.69) is 24.9 Å². The predicted molar refractivity (Wildman–Crippen MR) is 88.3 cm³/mol. The third-order valence-electron chi connectivity index (χ3n) is 3.01. The Morgan fingerprint density at radius 1 is 1.14 bits per heavy atom. The number of amides is 1. The monoisotopic (exact) mass is 301 g/mol. The second kappa shape index (κ2) is 7.74. The fraction of sp³-hybridized carbons (Fsp3) is 0.235. The Kier molecular flexibility index (Phi) is 5.69. The quantitative estimate of drug-likeness (QED) is 0.793. The molecule has 21 heavy (non-hydrogen) atoms. The zero-order chi connectivity index (χ0) is 15.1. The molecule has 110 valence electrons. The van der Waals surface area contributed by atoms with Crippen molar-refractivity contribution < 1.29 is 9.53 Å². The standard InChI is InChI=1S/C17H19NO2S/c1-2-5-13-8-10-14(11-9-13)20-12-17(19)18-15-6-3-4-7-16(15)21/h3-4,6-11,21H,2,5,12H2,1H3,(H,18,19). The highest BCUT2D eigenvalue weighted by atomic mass is 32.1. The van der Waals surface area contributed by atoms with E-state index in [9.17, 15) is 4.79 Å². The SMILES string of the molecule is CCCc1ccc(OCC(=O)Nc2ccccc2S)cc1. The Bertz CT molecular complexity index is 596. The third-order valence-corrected chi connectivity index (χ3v) is 3.40. The van der Waals surface area contributed by atoms with Crippen LogP contribution >= 0.6 is 12.6 Å². The molecule has 0 aliphatic heterocycles. The lowest BCUT2D eigenvalue weighted by Crippen LogP contribution is -2.20. The molecule has 1 N–H and O–H groups in total. The van der Waals surface area contributed by atoms with E-state index in [0.717, 1.165) is 17.7 Å². The predicted octanol–water partition coefficient (Wildman–Crippen LogP) is 3.95. The molecule has 0 radical (unpaired) electrons. The summed E-state index contributed by atoms with van der Waals surface area (Å²) >= 11 is 4.29. The number of aryl methyl sites for hydroxylation is 1. The number of para-hydroxylation sites is 1. The smallest absolute Gasteiger partial charge is 0.262 e. The van der Waals surface area contributed by atoms with Crippen LogP contribution in [0.5, 0.6) is 5.75 Å². The fourth-order valence-electron chi connectivity index (χ4n) is 1.96. The number of carbonyl (C=O) groups is 1. The van der Waals surface area contributed by atoms with E-state index >= 15 is 0 Å². The molecule has 0 atom stereocenters. The van der Waals surface area contributed by atoms with Gasteiger partial charge in [-0.3, -0.25) is 4.79 Å². The zero-order valence-corrected chi connectivity index (χ0v) is 12.9. The Balaban J connectivity index is 1.85. The first-order valence-electron chi connectivity index (χ1n) is 6.98. The number of benzene rings is 2. The average Bonchev–Trinajstić information content (AvgIpc) is 2.49. The Morgan fingerprint density at radius 3 is 2.52 bits per heavy atom. The summed E-state index contributed by atoms with van der Waals surface area (Å²) in [5.41, 5.74) is 1.96. The van der Waals surface area contributed by atoms with Gasteiger partial charge in [0.25, 0.3) is 5.91 Å². The Morgan fingerprint density at radius 2 is 1.86 bits per heavy atom. The average molecular weight is 301 g/mol. The fourth-order valence-corrected chi connectivity index (χ4v) is 2.17. The van der Waals surface area contributed by atoms with E-state index in [1.54, 1.807) is 6.07 Å². The van der Waals surface area contributed by atoms with Gasteiger partial charge < -0.3 is 10.1 Å².